The monoisotopic (exact) mass is 286 g/mol. The number of rotatable bonds is 4. The maximum atomic E-state index is 6.07. The maximum absolute atomic E-state index is 6.07. The van der Waals surface area contributed by atoms with Crippen molar-refractivity contribution in [2.45, 2.75) is 13.1 Å². The second-order valence-electron chi connectivity index (χ2n) is 5.44. The van der Waals surface area contributed by atoms with Crippen molar-refractivity contribution in [1.82, 2.24) is 0 Å². The normalized spacial score (nSPS) is 11.3. The fourth-order valence-corrected chi connectivity index (χ4v) is 3.69. The Morgan fingerprint density at radius 1 is 0.947 bits per heavy atom. The molecule has 0 aliphatic carbocycles. The molecule has 0 saturated carbocycles. The molecule has 2 heteroatoms. The summed E-state index contributed by atoms with van der Waals surface area (Å²) in [5.41, 5.74) is 4.17. The first kappa shape index (κ1) is 14.1. The minimum Gasteiger partial charge on any atom is -0.130 e. The van der Waals surface area contributed by atoms with Crippen LogP contribution in [0.2, 0.25) is 13.1 Å². The summed E-state index contributed by atoms with van der Waals surface area (Å²) in [4.78, 5) is 0. The molecule has 2 rings (SSSR count). The predicted octanol–water partition coefficient (Wildman–Crippen LogP) is 4.44. The van der Waals surface area contributed by atoms with Crippen LogP contribution in [-0.4, -0.2) is 13.6 Å². The summed E-state index contributed by atoms with van der Waals surface area (Å²) in [6, 6.07) is 19.0. The minimum atomic E-state index is -1.45. The SMILES string of the molecule is C=C(c1ccccc1)c1ccc([Si](C)(C)CCl)cc1. The van der Waals surface area contributed by atoms with Crippen LogP contribution >= 0.6 is 11.6 Å². The van der Waals surface area contributed by atoms with Crippen LogP contribution in [0.25, 0.3) is 5.57 Å². The van der Waals surface area contributed by atoms with Crippen LogP contribution in [0.1, 0.15) is 11.1 Å². The lowest BCUT2D eigenvalue weighted by molar-refractivity contribution is 1.56. The summed E-state index contributed by atoms with van der Waals surface area (Å²) >= 11 is 6.07. The van der Waals surface area contributed by atoms with Crippen LogP contribution in [0.15, 0.2) is 61.2 Å². The molecule has 98 valence electrons. The summed E-state index contributed by atoms with van der Waals surface area (Å²) in [6.07, 6.45) is 0. The van der Waals surface area contributed by atoms with Gasteiger partial charge >= 0.3 is 0 Å². The highest BCUT2D eigenvalue weighted by atomic mass is 35.5. The third-order valence-corrected chi connectivity index (χ3v) is 8.04. The zero-order chi connectivity index (χ0) is 13.9. The molecule has 0 aliphatic rings. The van der Waals surface area contributed by atoms with Gasteiger partial charge in [-0.15, -0.1) is 11.6 Å². The Hall–Kier alpha value is -1.31. The van der Waals surface area contributed by atoms with E-state index in [2.05, 4.69) is 56.1 Å². The zero-order valence-electron chi connectivity index (χ0n) is 11.5. The number of hydrogen-bond acceptors (Lipinski definition) is 0. The van der Waals surface area contributed by atoms with Crippen molar-refractivity contribution in [2.75, 3.05) is 5.50 Å². The van der Waals surface area contributed by atoms with E-state index in [1.165, 1.54) is 16.3 Å². The standard InChI is InChI=1S/C17H19ClSi/c1-14(15-7-5-4-6-8-15)16-9-11-17(12-10-16)19(2,3)13-18/h4-12H,1,13H2,2-3H3. The highest BCUT2D eigenvalue weighted by molar-refractivity contribution is 6.94. The molecule has 0 saturated heterocycles. The zero-order valence-corrected chi connectivity index (χ0v) is 13.2. The molecule has 0 atom stereocenters. The second kappa shape index (κ2) is 5.77. The van der Waals surface area contributed by atoms with E-state index in [1.807, 2.05) is 18.2 Å². The lowest BCUT2D eigenvalue weighted by atomic mass is 10.00. The summed E-state index contributed by atoms with van der Waals surface area (Å²) in [7, 11) is -1.45. The minimum absolute atomic E-state index is 0.756. The van der Waals surface area contributed by atoms with Gasteiger partial charge in [0.1, 0.15) is 0 Å². The molecule has 0 unspecified atom stereocenters. The maximum Gasteiger partial charge on any atom is 0.0959 e. The fourth-order valence-electron chi connectivity index (χ4n) is 2.01. The first-order valence-electron chi connectivity index (χ1n) is 6.46. The quantitative estimate of drug-likeness (QED) is 0.576. The Morgan fingerprint density at radius 2 is 1.47 bits per heavy atom. The van der Waals surface area contributed by atoms with E-state index in [1.54, 1.807) is 0 Å². The Kier molecular flexibility index (Phi) is 4.28. The first-order valence-corrected chi connectivity index (χ1v) is 10.2. The van der Waals surface area contributed by atoms with Gasteiger partial charge in [-0.3, -0.25) is 0 Å². The summed E-state index contributed by atoms with van der Waals surface area (Å²) in [5, 5.41) is 1.40. The molecule has 0 spiro atoms. The van der Waals surface area contributed by atoms with Crippen LogP contribution < -0.4 is 5.19 Å². The number of halogens is 1. The van der Waals surface area contributed by atoms with E-state index < -0.39 is 8.07 Å². The largest absolute Gasteiger partial charge is 0.130 e. The molecule has 0 heterocycles. The van der Waals surface area contributed by atoms with Gasteiger partial charge in [-0.2, -0.15) is 0 Å². The highest BCUT2D eigenvalue weighted by Gasteiger charge is 2.21. The van der Waals surface area contributed by atoms with Crippen molar-refractivity contribution in [3.8, 4) is 0 Å². The van der Waals surface area contributed by atoms with Crippen LogP contribution in [-0.2, 0) is 0 Å². The molecule has 0 radical (unpaired) electrons. The third kappa shape index (κ3) is 3.17. The van der Waals surface area contributed by atoms with Gasteiger partial charge in [0.2, 0.25) is 0 Å². The van der Waals surface area contributed by atoms with Gasteiger partial charge < -0.3 is 0 Å². The molecule has 0 N–H and O–H groups in total. The number of benzene rings is 2. The van der Waals surface area contributed by atoms with Gasteiger partial charge in [0.05, 0.1) is 8.07 Å². The molecule has 0 fully saturated rings. The van der Waals surface area contributed by atoms with E-state index in [0.29, 0.717) is 0 Å². The Labute approximate surface area is 121 Å². The van der Waals surface area contributed by atoms with Gasteiger partial charge in [-0.05, 0) is 16.7 Å². The number of hydrogen-bond donors (Lipinski definition) is 0. The van der Waals surface area contributed by atoms with E-state index in [4.69, 9.17) is 11.6 Å². The molecule has 0 bridgehead atoms. The molecule has 0 aromatic heterocycles. The average Bonchev–Trinajstić information content (AvgIpc) is 2.47. The fraction of sp³-hybridized carbons (Fsp3) is 0.176. The molecule has 19 heavy (non-hydrogen) atoms. The van der Waals surface area contributed by atoms with E-state index in [9.17, 15) is 0 Å². The van der Waals surface area contributed by atoms with E-state index >= 15 is 0 Å². The van der Waals surface area contributed by atoms with Crippen molar-refractivity contribution in [1.29, 1.82) is 0 Å². The van der Waals surface area contributed by atoms with E-state index in [0.717, 1.165) is 11.1 Å². The van der Waals surface area contributed by atoms with Crippen molar-refractivity contribution in [3.63, 3.8) is 0 Å². The lowest BCUT2D eigenvalue weighted by Crippen LogP contribution is -2.43. The topological polar surface area (TPSA) is 0 Å². The van der Waals surface area contributed by atoms with Gasteiger partial charge in [0.15, 0.2) is 0 Å². The summed E-state index contributed by atoms with van der Waals surface area (Å²) in [6.45, 7) is 8.78. The van der Waals surface area contributed by atoms with Gasteiger partial charge in [-0.1, -0.05) is 79.5 Å². The molecule has 0 aliphatic heterocycles. The van der Waals surface area contributed by atoms with Gasteiger partial charge in [-0.25, -0.2) is 0 Å². The van der Waals surface area contributed by atoms with Crippen molar-refractivity contribution < 1.29 is 0 Å². The molecule has 0 amide bonds. The lowest BCUT2D eigenvalue weighted by Gasteiger charge is -2.20. The second-order valence-corrected chi connectivity index (χ2v) is 10.9. The highest BCUT2D eigenvalue weighted by Crippen LogP contribution is 2.20. The Morgan fingerprint density at radius 3 is 2.00 bits per heavy atom. The van der Waals surface area contributed by atoms with Gasteiger partial charge in [0.25, 0.3) is 0 Å². The van der Waals surface area contributed by atoms with Crippen LogP contribution in [0.4, 0.5) is 0 Å². The Balaban J connectivity index is 2.27. The molecular formula is C17H19ClSi. The predicted molar refractivity (Wildman–Crippen MR) is 88.9 cm³/mol. The summed E-state index contributed by atoms with van der Waals surface area (Å²) < 4.78 is 0. The van der Waals surface area contributed by atoms with Crippen molar-refractivity contribution >= 4 is 30.4 Å². The molecule has 0 nitrogen and oxygen atoms in total. The smallest absolute Gasteiger partial charge is 0.0959 e. The average molecular weight is 287 g/mol. The molecule has 2 aromatic rings. The van der Waals surface area contributed by atoms with Crippen molar-refractivity contribution in [3.05, 3.63) is 72.3 Å². The van der Waals surface area contributed by atoms with Crippen molar-refractivity contribution in [2.24, 2.45) is 0 Å². The van der Waals surface area contributed by atoms with E-state index in [-0.39, 0.29) is 0 Å². The molecule has 2 aromatic carbocycles. The Bertz CT molecular complexity index is 556. The third-order valence-electron chi connectivity index (χ3n) is 3.47. The summed E-state index contributed by atoms with van der Waals surface area (Å²) in [5.74, 6) is 0. The van der Waals surface area contributed by atoms with Crippen LogP contribution in [0.5, 0.6) is 0 Å². The number of alkyl halides is 1. The molecular weight excluding hydrogens is 268 g/mol. The first-order chi connectivity index (χ1) is 9.04. The van der Waals surface area contributed by atoms with Crippen LogP contribution in [0, 0.1) is 0 Å². The van der Waals surface area contributed by atoms with Gasteiger partial charge in [0, 0.05) is 5.50 Å². The van der Waals surface area contributed by atoms with Crippen LogP contribution in [0.3, 0.4) is 0 Å².